The second-order valence-electron chi connectivity index (χ2n) is 4.70. The summed E-state index contributed by atoms with van der Waals surface area (Å²) < 4.78 is 13.1. The van der Waals surface area contributed by atoms with Gasteiger partial charge in [-0.15, -0.1) is 16.4 Å². The Bertz CT molecular complexity index is 803. The monoisotopic (exact) mass is 348 g/mol. The van der Waals surface area contributed by atoms with E-state index in [0.717, 1.165) is 4.88 Å². The average molecular weight is 348 g/mol. The maximum atomic E-state index is 13.1. The van der Waals surface area contributed by atoms with Crippen LogP contribution in [0.2, 0.25) is 0 Å². The smallest absolute Gasteiger partial charge is 0.237 e. The normalized spacial score (nSPS) is 12.1. The van der Waals surface area contributed by atoms with Crippen molar-refractivity contribution in [2.75, 3.05) is 5.32 Å². The molecule has 5 nitrogen and oxygen atoms in total. The number of aromatic amines is 1. The van der Waals surface area contributed by atoms with Crippen LogP contribution in [0.15, 0.2) is 46.9 Å². The predicted molar refractivity (Wildman–Crippen MR) is 90.0 cm³/mol. The van der Waals surface area contributed by atoms with E-state index in [4.69, 9.17) is 0 Å². The molecule has 2 N–H and O–H groups in total. The van der Waals surface area contributed by atoms with Gasteiger partial charge < -0.3 is 5.32 Å². The van der Waals surface area contributed by atoms with Gasteiger partial charge in [0.15, 0.2) is 5.82 Å². The van der Waals surface area contributed by atoms with Gasteiger partial charge in [0.25, 0.3) is 0 Å². The number of aromatic nitrogens is 3. The van der Waals surface area contributed by atoms with Crippen molar-refractivity contribution in [1.29, 1.82) is 0 Å². The summed E-state index contributed by atoms with van der Waals surface area (Å²) >= 11 is 2.80. The molecule has 8 heteroatoms. The summed E-state index contributed by atoms with van der Waals surface area (Å²) in [7, 11) is 0. The molecular weight excluding hydrogens is 335 g/mol. The maximum Gasteiger partial charge on any atom is 0.237 e. The van der Waals surface area contributed by atoms with Crippen molar-refractivity contribution in [2.45, 2.75) is 17.3 Å². The number of carbonyl (C=O) groups is 1. The number of hydrogen-bond acceptors (Lipinski definition) is 5. The molecule has 23 heavy (non-hydrogen) atoms. The van der Waals surface area contributed by atoms with Gasteiger partial charge in [0.2, 0.25) is 11.1 Å². The lowest BCUT2D eigenvalue weighted by Crippen LogP contribution is -2.22. The number of nitrogens with one attached hydrogen (secondary N) is 2. The minimum Gasteiger partial charge on any atom is -0.325 e. The number of halogens is 1. The summed E-state index contributed by atoms with van der Waals surface area (Å²) in [6.07, 6.45) is 0. The van der Waals surface area contributed by atoms with Crippen LogP contribution in [-0.2, 0) is 4.79 Å². The SMILES string of the molecule is C[C@H](Sc1n[nH]c(-c2cccs2)n1)C(=O)Nc1cccc(F)c1. The van der Waals surface area contributed by atoms with Crippen LogP contribution in [-0.4, -0.2) is 26.3 Å². The molecular formula is C15H13FN4OS2. The summed E-state index contributed by atoms with van der Waals surface area (Å²) in [5.74, 6) is 0.0565. The van der Waals surface area contributed by atoms with Gasteiger partial charge >= 0.3 is 0 Å². The van der Waals surface area contributed by atoms with E-state index in [1.807, 2.05) is 17.5 Å². The van der Waals surface area contributed by atoms with Crippen molar-refractivity contribution >= 4 is 34.7 Å². The van der Waals surface area contributed by atoms with Crippen molar-refractivity contribution < 1.29 is 9.18 Å². The summed E-state index contributed by atoms with van der Waals surface area (Å²) in [5, 5.41) is 11.7. The number of anilines is 1. The van der Waals surface area contributed by atoms with Crippen molar-refractivity contribution in [3.8, 4) is 10.7 Å². The third kappa shape index (κ3) is 3.96. The molecule has 0 aliphatic heterocycles. The molecule has 0 fully saturated rings. The zero-order valence-electron chi connectivity index (χ0n) is 12.1. The minimum absolute atomic E-state index is 0.233. The fraction of sp³-hybridized carbons (Fsp3) is 0.133. The number of amides is 1. The molecule has 0 saturated carbocycles. The first kappa shape index (κ1) is 15.7. The molecule has 0 radical (unpaired) electrons. The predicted octanol–water partition coefficient (Wildman–Crippen LogP) is 3.79. The largest absolute Gasteiger partial charge is 0.325 e. The Morgan fingerprint density at radius 3 is 3.00 bits per heavy atom. The maximum absolute atomic E-state index is 13.1. The molecule has 0 spiro atoms. The standard InChI is InChI=1S/C15H13FN4OS2/c1-9(14(21)17-11-5-2-4-10(16)8-11)23-15-18-13(19-20-15)12-6-3-7-22-12/h2-9H,1H3,(H,17,21)(H,18,19,20)/t9-/m0/s1. The molecule has 1 amide bonds. The summed E-state index contributed by atoms with van der Waals surface area (Å²) in [5.41, 5.74) is 0.428. The highest BCUT2D eigenvalue weighted by atomic mass is 32.2. The van der Waals surface area contributed by atoms with Gasteiger partial charge in [-0.3, -0.25) is 9.89 Å². The lowest BCUT2D eigenvalue weighted by atomic mass is 10.3. The van der Waals surface area contributed by atoms with Gasteiger partial charge in [-0.25, -0.2) is 9.37 Å². The number of nitrogens with zero attached hydrogens (tertiary/aromatic N) is 2. The molecule has 0 saturated heterocycles. The van der Waals surface area contributed by atoms with E-state index in [-0.39, 0.29) is 5.91 Å². The van der Waals surface area contributed by atoms with Crippen LogP contribution in [0.1, 0.15) is 6.92 Å². The highest BCUT2D eigenvalue weighted by Gasteiger charge is 2.18. The zero-order valence-corrected chi connectivity index (χ0v) is 13.7. The quantitative estimate of drug-likeness (QED) is 0.688. The molecule has 3 rings (SSSR count). The highest BCUT2D eigenvalue weighted by molar-refractivity contribution is 8.00. The van der Waals surface area contributed by atoms with Crippen LogP contribution in [0.5, 0.6) is 0 Å². The Labute approximate surface area is 140 Å². The van der Waals surface area contributed by atoms with E-state index < -0.39 is 11.1 Å². The Hall–Kier alpha value is -2.19. The lowest BCUT2D eigenvalue weighted by molar-refractivity contribution is -0.115. The topological polar surface area (TPSA) is 70.7 Å². The van der Waals surface area contributed by atoms with E-state index in [2.05, 4.69) is 20.5 Å². The third-order valence-electron chi connectivity index (χ3n) is 2.96. The van der Waals surface area contributed by atoms with Crippen LogP contribution in [0.3, 0.4) is 0 Å². The van der Waals surface area contributed by atoms with E-state index in [1.165, 1.54) is 23.9 Å². The second kappa shape index (κ2) is 6.93. The highest BCUT2D eigenvalue weighted by Crippen LogP contribution is 2.25. The van der Waals surface area contributed by atoms with Gasteiger partial charge in [-0.1, -0.05) is 23.9 Å². The fourth-order valence-corrected chi connectivity index (χ4v) is 3.23. The first-order valence-corrected chi connectivity index (χ1v) is 8.57. The number of rotatable bonds is 5. The van der Waals surface area contributed by atoms with Crippen LogP contribution in [0.25, 0.3) is 10.7 Å². The van der Waals surface area contributed by atoms with Gasteiger partial charge in [-0.2, -0.15) is 0 Å². The van der Waals surface area contributed by atoms with E-state index in [1.54, 1.807) is 30.4 Å². The molecule has 0 aliphatic rings. The van der Waals surface area contributed by atoms with Crippen molar-refractivity contribution in [2.24, 2.45) is 0 Å². The van der Waals surface area contributed by atoms with Crippen molar-refractivity contribution in [1.82, 2.24) is 15.2 Å². The van der Waals surface area contributed by atoms with E-state index in [0.29, 0.717) is 16.7 Å². The average Bonchev–Trinajstić information content (AvgIpc) is 3.17. The van der Waals surface area contributed by atoms with Crippen LogP contribution < -0.4 is 5.32 Å². The minimum atomic E-state index is -0.412. The lowest BCUT2D eigenvalue weighted by Gasteiger charge is -2.10. The summed E-state index contributed by atoms with van der Waals surface area (Å²) in [4.78, 5) is 17.5. The third-order valence-corrected chi connectivity index (χ3v) is 4.80. The molecule has 3 aromatic rings. The van der Waals surface area contributed by atoms with Crippen LogP contribution >= 0.6 is 23.1 Å². The molecule has 2 aromatic heterocycles. The van der Waals surface area contributed by atoms with Crippen LogP contribution in [0, 0.1) is 5.82 Å². The number of H-pyrrole nitrogens is 1. The Kier molecular flexibility index (Phi) is 4.73. The summed E-state index contributed by atoms with van der Waals surface area (Å²) in [6.45, 7) is 1.75. The van der Waals surface area contributed by atoms with Gasteiger partial charge in [0.05, 0.1) is 10.1 Å². The van der Waals surface area contributed by atoms with Gasteiger partial charge in [-0.05, 0) is 36.6 Å². The molecule has 1 atom stereocenters. The zero-order chi connectivity index (χ0) is 16.2. The number of thioether (sulfide) groups is 1. The first-order valence-electron chi connectivity index (χ1n) is 6.81. The number of thiophene rings is 1. The van der Waals surface area contributed by atoms with Gasteiger partial charge in [0, 0.05) is 5.69 Å². The first-order chi connectivity index (χ1) is 11.1. The van der Waals surface area contributed by atoms with Crippen molar-refractivity contribution in [3.63, 3.8) is 0 Å². The number of carbonyl (C=O) groups excluding carboxylic acids is 1. The second-order valence-corrected chi connectivity index (χ2v) is 6.96. The number of benzene rings is 1. The van der Waals surface area contributed by atoms with E-state index in [9.17, 15) is 9.18 Å². The fourth-order valence-electron chi connectivity index (χ4n) is 1.84. The van der Waals surface area contributed by atoms with Crippen molar-refractivity contribution in [3.05, 3.63) is 47.6 Å². The Morgan fingerprint density at radius 2 is 2.26 bits per heavy atom. The number of hydrogen-bond donors (Lipinski definition) is 2. The molecule has 0 unspecified atom stereocenters. The molecule has 2 heterocycles. The Morgan fingerprint density at radius 1 is 1.39 bits per heavy atom. The molecule has 0 aliphatic carbocycles. The summed E-state index contributed by atoms with van der Waals surface area (Å²) in [6, 6.07) is 9.67. The molecule has 118 valence electrons. The molecule has 1 aromatic carbocycles. The molecule has 0 bridgehead atoms. The van der Waals surface area contributed by atoms with Gasteiger partial charge in [0.1, 0.15) is 5.82 Å². The van der Waals surface area contributed by atoms with E-state index >= 15 is 0 Å². The van der Waals surface area contributed by atoms with Crippen LogP contribution in [0.4, 0.5) is 10.1 Å². The Balaban J connectivity index is 1.62.